The summed E-state index contributed by atoms with van der Waals surface area (Å²) in [5.74, 6) is 0.174. The zero-order valence-electron chi connectivity index (χ0n) is 16.2. The summed E-state index contributed by atoms with van der Waals surface area (Å²) in [4.78, 5) is 23.8. The van der Waals surface area contributed by atoms with Crippen molar-refractivity contribution in [3.05, 3.63) is 36.3 Å². The van der Waals surface area contributed by atoms with E-state index in [0.717, 1.165) is 53.9 Å². The van der Waals surface area contributed by atoms with E-state index in [-0.39, 0.29) is 5.78 Å². The van der Waals surface area contributed by atoms with Crippen LogP contribution in [0.25, 0.3) is 22.3 Å². The molecule has 1 fully saturated rings. The number of aryl methyl sites for hydroxylation is 1. The number of carbonyl (C=O) groups is 1. The standard InChI is InChI=1S/C20H24N6O2/c1-25-13-20(23-24-25)18-4-3-14-11-21-15(10-19(14)22-18)9-16(27)12-26-7-5-17(28-2)6-8-26/h3-4,10-11,13,17H,5-9,12H2,1-2H3. The van der Waals surface area contributed by atoms with Gasteiger partial charge in [0.1, 0.15) is 5.69 Å². The van der Waals surface area contributed by atoms with Crippen molar-refractivity contribution in [2.45, 2.75) is 25.4 Å². The van der Waals surface area contributed by atoms with Crippen LogP contribution in [0.4, 0.5) is 0 Å². The number of rotatable bonds is 6. The topological polar surface area (TPSA) is 86.0 Å². The van der Waals surface area contributed by atoms with Crippen molar-refractivity contribution in [2.24, 2.45) is 7.05 Å². The number of fused-ring (bicyclic) bond motifs is 1. The molecule has 0 spiro atoms. The smallest absolute Gasteiger partial charge is 0.152 e. The molecule has 146 valence electrons. The average molecular weight is 380 g/mol. The van der Waals surface area contributed by atoms with Crippen LogP contribution in [-0.4, -0.2) is 68.5 Å². The molecule has 3 aromatic heterocycles. The normalized spacial score (nSPS) is 15.9. The van der Waals surface area contributed by atoms with Gasteiger partial charge in [0, 0.05) is 44.5 Å². The van der Waals surface area contributed by atoms with Gasteiger partial charge in [-0.25, -0.2) is 4.98 Å². The second kappa shape index (κ2) is 8.12. The number of aromatic nitrogens is 5. The first-order valence-corrected chi connectivity index (χ1v) is 9.50. The molecule has 0 aliphatic carbocycles. The van der Waals surface area contributed by atoms with Gasteiger partial charge in [-0.3, -0.25) is 19.4 Å². The number of ether oxygens (including phenoxy) is 1. The van der Waals surface area contributed by atoms with E-state index in [4.69, 9.17) is 4.74 Å². The summed E-state index contributed by atoms with van der Waals surface area (Å²) in [6.07, 6.45) is 6.20. The predicted molar refractivity (Wildman–Crippen MR) is 105 cm³/mol. The highest BCUT2D eigenvalue weighted by Gasteiger charge is 2.20. The predicted octanol–water partition coefficient (Wildman–Crippen LogP) is 1.65. The molecule has 8 nitrogen and oxygen atoms in total. The molecule has 0 saturated carbocycles. The lowest BCUT2D eigenvalue weighted by Crippen LogP contribution is -2.39. The number of nitrogens with zero attached hydrogens (tertiary/aromatic N) is 6. The number of ketones is 1. The highest BCUT2D eigenvalue weighted by Crippen LogP contribution is 2.19. The van der Waals surface area contributed by atoms with E-state index >= 15 is 0 Å². The number of likely N-dealkylation sites (tertiary alicyclic amines) is 1. The van der Waals surface area contributed by atoms with E-state index < -0.39 is 0 Å². The maximum Gasteiger partial charge on any atom is 0.152 e. The van der Waals surface area contributed by atoms with Crippen molar-refractivity contribution in [3.63, 3.8) is 0 Å². The van der Waals surface area contributed by atoms with E-state index in [1.54, 1.807) is 18.0 Å². The summed E-state index contributed by atoms with van der Waals surface area (Å²) in [5.41, 5.74) is 3.03. The van der Waals surface area contributed by atoms with Crippen molar-refractivity contribution >= 4 is 16.7 Å². The number of piperidine rings is 1. The van der Waals surface area contributed by atoms with E-state index in [1.807, 2.05) is 31.4 Å². The lowest BCUT2D eigenvalue weighted by atomic mass is 10.1. The molecule has 1 saturated heterocycles. The Morgan fingerprint density at radius 1 is 1.25 bits per heavy atom. The van der Waals surface area contributed by atoms with Gasteiger partial charge in [0.25, 0.3) is 0 Å². The van der Waals surface area contributed by atoms with Gasteiger partial charge in [-0.15, -0.1) is 5.10 Å². The van der Waals surface area contributed by atoms with Gasteiger partial charge in [0.2, 0.25) is 0 Å². The minimum atomic E-state index is 0.174. The minimum absolute atomic E-state index is 0.174. The molecule has 0 atom stereocenters. The minimum Gasteiger partial charge on any atom is -0.381 e. The van der Waals surface area contributed by atoms with Crippen LogP contribution < -0.4 is 0 Å². The molecule has 4 rings (SSSR count). The van der Waals surface area contributed by atoms with E-state index in [2.05, 4.69) is 25.2 Å². The summed E-state index contributed by atoms with van der Waals surface area (Å²) in [5, 5.41) is 8.99. The number of Topliss-reactive ketones (excluding diaryl/α,β-unsaturated/α-hetero) is 1. The van der Waals surface area contributed by atoms with Gasteiger partial charge in [0.15, 0.2) is 5.78 Å². The van der Waals surface area contributed by atoms with Gasteiger partial charge >= 0.3 is 0 Å². The number of pyridine rings is 2. The van der Waals surface area contributed by atoms with Gasteiger partial charge in [-0.1, -0.05) is 5.21 Å². The van der Waals surface area contributed by atoms with Crippen molar-refractivity contribution in [3.8, 4) is 11.4 Å². The molecule has 0 N–H and O–H groups in total. The molecule has 0 unspecified atom stereocenters. The molecule has 1 aliphatic heterocycles. The fourth-order valence-corrected chi connectivity index (χ4v) is 3.57. The Balaban J connectivity index is 1.44. The second-order valence-corrected chi connectivity index (χ2v) is 7.27. The van der Waals surface area contributed by atoms with Crippen LogP contribution in [0.15, 0.2) is 30.6 Å². The van der Waals surface area contributed by atoms with Crippen LogP contribution in [0, 0.1) is 0 Å². The molecule has 0 bridgehead atoms. The van der Waals surface area contributed by atoms with Crippen LogP contribution in [-0.2, 0) is 23.0 Å². The Morgan fingerprint density at radius 2 is 2.07 bits per heavy atom. The Bertz CT molecular complexity index is 978. The number of methoxy groups -OCH3 is 1. The van der Waals surface area contributed by atoms with Crippen molar-refractivity contribution in [2.75, 3.05) is 26.7 Å². The fourth-order valence-electron chi connectivity index (χ4n) is 3.57. The zero-order chi connectivity index (χ0) is 19.5. The van der Waals surface area contributed by atoms with Crippen molar-refractivity contribution in [1.29, 1.82) is 0 Å². The molecular formula is C20H24N6O2. The SMILES string of the molecule is COC1CCN(CC(=O)Cc2cc3nc(-c4cn(C)nn4)ccc3cn2)CC1. The molecule has 4 heterocycles. The summed E-state index contributed by atoms with van der Waals surface area (Å²) in [7, 11) is 3.57. The summed E-state index contributed by atoms with van der Waals surface area (Å²) in [6, 6.07) is 5.76. The lowest BCUT2D eigenvalue weighted by molar-refractivity contribution is -0.120. The van der Waals surface area contributed by atoms with E-state index in [9.17, 15) is 4.79 Å². The maximum atomic E-state index is 12.5. The molecular weight excluding hydrogens is 356 g/mol. The van der Waals surface area contributed by atoms with E-state index in [0.29, 0.717) is 19.1 Å². The third-order valence-electron chi connectivity index (χ3n) is 5.14. The summed E-state index contributed by atoms with van der Waals surface area (Å²) < 4.78 is 7.03. The Labute approximate surface area is 163 Å². The molecule has 0 amide bonds. The van der Waals surface area contributed by atoms with Crippen LogP contribution in [0.2, 0.25) is 0 Å². The zero-order valence-corrected chi connectivity index (χ0v) is 16.2. The van der Waals surface area contributed by atoms with Crippen LogP contribution in [0.5, 0.6) is 0 Å². The third kappa shape index (κ3) is 4.23. The Morgan fingerprint density at radius 3 is 2.79 bits per heavy atom. The van der Waals surface area contributed by atoms with E-state index in [1.165, 1.54) is 0 Å². The second-order valence-electron chi connectivity index (χ2n) is 7.27. The number of carbonyl (C=O) groups excluding carboxylic acids is 1. The van der Waals surface area contributed by atoms with Crippen molar-refractivity contribution in [1.82, 2.24) is 29.9 Å². The monoisotopic (exact) mass is 380 g/mol. The number of hydrogen-bond acceptors (Lipinski definition) is 7. The van der Waals surface area contributed by atoms with Crippen molar-refractivity contribution < 1.29 is 9.53 Å². The Hall–Kier alpha value is -2.71. The quantitative estimate of drug-likeness (QED) is 0.643. The first kappa shape index (κ1) is 18.6. The maximum absolute atomic E-state index is 12.5. The van der Waals surface area contributed by atoms with Gasteiger partial charge in [-0.05, 0) is 31.0 Å². The third-order valence-corrected chi connectivity index (χ3v) is 5.14. The molecule has 28 heavy (non-hydrogen) atoms. The highest BCUT2D eigenvalue weighted by atomic mass is 16.5. The van der Waals surface area contributed by atoms with Crippen LogP contribution in [0.3, 0.4) is 0 Å². The highest BCUT2D eigenvalue weighted by molar-refractivity contribution is 5.85. The lowest BCUT2D eigenvalue weighted by Gasteiger charge is -2.30. The van der Waals surface area contributed by atoms with Gasteiger partial charge in [0.05, 0.1) is 36.5 Å². The largest absolute Gasteiger partial charge is 0.381 e. The number of hydrogen-bond donors (Lipinski definition) is 0. The van der Waals surface area contributed by atoms with Crippen LogP contribution in [0.1, 0.15) is 18.5 Å². The van der Waals surface area contributed by atoms with Crippen LogP contribution >= 0.6 is 0 Å². The Kier molecular flexibility index (Phi) is 5.40. The molecule has 0 aromatic carbocycles. The first-order chi connectivity index (χ1) is 13.6. The summed E-state index contributed by atoms with van der Waals surface area (Å²) >= 11 is 0. The molecule has 1 aliphatic rings. The van der Waals surface area contributed by atoms with Gasteiger partial charge in [-0.2, -0.15) is 0 Å². The average Bonchev–Trinajstić information content (AvgIpc) is 3.14. The van der Waals surface area contributed by atoms with Gasteiger partial charge < -0.3 is 4.74 Å². The molecule has 3 aromatic rings. The molecule has 8 heteroatoms. The summed E-state index contributed by atoms with van der Waals surface area (Å²) in [6.45, 7) is 2.26. The fraction of sp³-hybridized carbons (Fsp3) is 0.450. The first-order valence-electron chi connectivity index (χ1n) is 9.50. The molecule has 0 radical (unpaired) electrons.